The molecule has 4 aromatic rings. The lowest BCUT2D eigenvalue weighted by atomic mass is 10.0. The molecule has 0 aliphatic rings. The minimum atomic E-state index is 0.0839. The Morgan fingerprint density at radius 3 is 2.48 bits per heavy atom. The summed E-state index contributed by atoms with van der Waals surface area (Å²) in [5.74, 6) is 0.135. The number of ketones is 1. The van der Waals surface area contributed by atoms with Crippen molar-refractivity contribution in [1.29, 1.82) is 0 Å². The summed E-state index contributed by atoms with van der Waals surface area (Å²) < 4.78 is 0. The van der Waals surface area contributed by atoms with Crippen molar-refractivity contribution >= 4 is 51.3 Å². The van der Waals surface area contributed by atoms with Gasteiger partial charge in [0, 0.05) is 27.2 Å². The second kappa shape index (κ2) is 8.30. The lowest BCUT2D eigenvalue weighted by Crippen LogP contribution is -2.04. The normalized spacial score (nSPS) is 12.2. The first-order chi connectivity index (χ1) is 13.2. The van der Waals surface area contributed by atoms with Gasteiger partial charge in [-0.05, 0) is 69.6 Å². The number of hydrogen-bond acceptors (Lipinski definition) is 3. The van der Waals surface area contributed by atoms with Gasteiger partial charge in [0.1, 0.15) is 0 Å². The zero-order chi connectivity index (χ0) is 18.6. The number of fused-ring (bicyclic) bond motifs is 1. The number of rotatable bonds is 6. The smallest absolute Gasteiger partial charge is 0.164 e. The molecule has 0 N–H and O–H groups in total. The van der Waals surface area contributed by atoms with Crippen LogP contribution in [0.3, 0.4) is 0 Å². The van der Waals surface area contributed by atoms with Crippen LogP contribution in [0.25, 0.3) is 10.8 Å². The van der Waals surface area contributed by atoms with Crippen LogP contribution in [0.4, 0.5) is 0 Å². The highest BCUT2D eigenvalue weighted by Gasteiger charge is 2.19. The average molecular weight is 409 g/mol. The fraction of sp³-hybridized carbons (Fsp3) is 0.0870. The molecule has 27 heavy (non-hydrogen) atoms. The van der Waals surface area contributed by atoms with Crippen LogP contribution in [-0.4, -0.2) is 5.78 Å². The van der Waals surface area contributed by atoms with Gasteiger partial charge in [-0.15, -0.1) is 11.8 Å². The number of carbonyl (C=O) groups is 1. The summed E-state index contributed by atoms with van der Waals surface area (Å²) >= 11 is 9.36. The molecule has 0 unspecified atom stereocenters. The number of hydrogen-bond donors (Lipinski definition) is 0. The first-order valence-corrected chi connectivity index (χ1v) is 10.9. The summed E-state index contributed by atoms with van der Waals surface area (Å²) in [5, 5.41) is 7.37. The van der Waals surface area contributed by atoms with E-state index in [1.807, 2.05) is 6.07 Å². The molecule has 4 rings (SSSR count). The molecule has 1 aromatic heterocycles. The molecule has 1 atom stereocenters. The molecule has 0 radical (unpaired) electrons. The van der Waals surface area contributed by atoms with Gasteiger partial charge in [-0.1, -0.05) is 41.9 Å². The molecule has 0 aliphatic carbocycles. The Hall–Kier alpha value is -2.07. The van der Waals surface area contributed by atoms with Gasteiger partial charge in [-0.3, -0.25) is 4.79 Å². The van der Waals surface area contributed by atoms with Crippen LogP contribution in [0.2, 0.25) is 5.02 Å². The van der Waals surface area contributed by atoms with E-state index in [0.717, 1.165) is 0 Å². The van der Waals surface area contributed by atoms with Crippen LogP contribution in [0.1, 0.15) is 27.6 Å². The second-order valence-corrected chi connectivity index (χ2v) is 8.80. The van der Waals surface area contributed by atoms with Gasteiger partial charge in [0.2, 0.25) is 0 Å². The highest BCUT2D eigenvalue weighted by molar-refractivity contribution is 7.99. The molecule has 0 bridgehead atoms. The number of Topliss-reactive ketones (excluding diaryl/α,β-unsaturated/α-hetero) is 1. The molecule has 0 fully saturated rings. The van der Waals surface area contributed by atoms with E-state index in [2.05, 4.69) is 53.2 Å². The predicted octanol–water partition coefficient (Wildman–Crippen LogP) is 7.66. The lowest BCUT2D eigenvalue weighted by molar-refractivity contribution is 0.0982. The molecule has 0 amide bonds. The van der Waals surface area contributed by atoms with E-state index in [1.165, 1.54) is 21.2 Å². The number of thioether (sulfide) groups is 1. The molecule has 1 heterocycles. The van der Waals surface area contributed by atoms with E-state index in [4.69, 9.17) is 11.6 Å². The maximum Gasteiger partial charge on any atom is 0.164 e. The van der Waals surface area contributed by atoms with Crippen LogP contribution < -0.4 is 0 Å². The van der Waals surface area contributed by atoms with Crippen molar-refractivity contribution < 1.29 is 4.79 Å². The molecule has 134 valence electrons. The molecule has 0 spiro atoms. The Balaban J connectivity index is 1.59. The van der Waals surface area contributed by atoms with Gasteiger partial charge in [0.05, 0.1) is 0 Å². The molecule has 1 nitrogen and oxygen atoms in total. The van der Waals surface area contributed by atoms with Crippen LogP contribution >= 0.6 is 34.7 Å². The van der Waals surface area contributed by atoms with Crippen LogP contribution in [0.5, 0.6) is 0 Å². The topological polar surface area (TPSA) is 17.1 Å². The van der Waals surface area contributed by atoms with Crippen molar-refractivity contribution in [3.63, 3.8) is 0 Å². The largest absolute Gasteiger partial charge is 0.294 e. The van der Waals surface area contributed by atoms with Gasteiger partial charge in [-0.25, -0.2) is 0 Å². The molecule has 0 saturated carbocycles. The summed E-state index contributed by atoms with van der Waals surface area (Å²) in [6.07, 6.45) is 0.454. The highest BCUT2D eigenvalue weighted by atomic mass is 35.5. The zero-order valence-corrected chi connectivity index (χ0v) is 16.9. The van der Waals surface area contributed by atoms with Crippen molar-refractivity contribution in [3.05, 3.63) is 99.7 Å². The third kappa shape index (κ3) is 4.44. The van der Waals surface area contributed by atoms with Crippen molar-refractivity contribution in [2.24, 2.45) is 0 Å². The molecule has 0 aliphatic heterocycles. The van der Waals surface area contributed by atoms with Crippen molar-refractivity contribution in [2.45, 2.75) is 16.6 Å². The Morgan fingerprint density at radius 2 is 1.74 bits per heavy atom. The van der Waals surface area contributed by atoms with Gasteiger partial charge in [-0.2, -0.15) is 11.3 Å². The Kier molecular flexibility index (Phi) is 5.63. The Labute approximate surface area is 172 Å². The Bertz CT molecular complexity index is 1060. The third-order valence-electron chi connectivity index (χ3n) is 4.45. The standard InChI is InChI=1S/C23H17ClOS2/c24-20-8-5-17(6-9-20)22(25)14-23(19-11-12-26-15-19)27-21-10-7-16-3-1-2-4-18(16)13-21/h1-13,15,23H,14H2/t23-/m0/s1. The summed E-state index contributed by atoms with van der Waals surface area (Å²) in [6, 6.07) is 24.1. The molecular formula is C23H17ClOS2. The monoisotopic (exact) mass is 408 g/mol. The minimum absolute atomic E-state index is 0.0839. The van der Waals surface area contributed by atoms with E-state index in [9.17, 15) is 4.79 Å². The molecular weight excluding hydrogens is 392 g/mol. The van der Waals surface area contributed by atoms with E-state index in [-0.39, 0.29) is 11.0 Å². The van der Waals surface area contributed by atoms with Crippen LogP contribution in [-0.2, 0) is 0 Å². The average Bonchev–Trinajstić information content (AvgIpc) is 3.22. The van der Waals surface area contributed by atoms with Gasteiger partial charge in [0.15, 0.2) is 5.78 Å². The van der Waals surface area contributed by atoms with E-state index in [0.29, 0.717) is 17.0 Å². The van der Waals surface area contributed by atoms with Crippen molar-refractivity contribution in [1.82, 2.24) is 0 Å². The maximum atomic E-state index is 12.8. The zero-order valence-electron chi connectivity index (χ0n) is 14.5. The van der Waals surface area contributed by atoms with Crippen LogP contribution in [0.15, 0.2) is 88.5 Å². The second-order valence-electron chi connectivity index (χ2n) is 6.31. The lowest BCUT2D eigenvalue weighted by Gasteiger charge is -2.15. The quantitative estimate of drug-likeness (QED) is 0.240. The highest BCUT2D eigenvalue weighted by Crippen LogP contribution is 2.40. The fourth-order valence-electron chi connectivity index (χ4n) is 3.01. The number of carbonyl (C=O) groups excluding carboxylic acids is 1. The molecule has 3 aromatic carbocycles. The number of halogens is 1. The molecule has 0 saturated heterocycles. The number of benzene rings is 3. The summed E-state index contributed by atoms with van der Waals surface area (Å²) in [6.45, 7) is 0. The van der Waals surface area contributed by atoms with Gasteiger partial charge in [0.25, 0.3) is 0 Å². The first kappa shape index (κ1) is 18.3. The maximum absolute atomic E-state index is 12.8. The van der Waals surface area contributed by atoms with Crippen LogP contribution in [0, 0.1) is 0 Å². The van der Waals surface area contributed by atoms with E-state index >= 15 is 0 Å². The third-order valence-corrected chi connectivity index (χ3v) is 6.65. The van der Waals surface area contributed by atoms with E-state index in [1.54, 1.807) is 47.4 Å². The fourth-order valence-corrected chi connectivity index (χ4v) is 5.13. The Morgan fingerprint density at radius 1 is 0.963 bits per heavy atom. The van der Waals surface area contributed by atoms with Crippen molar-refractivity contribution in [3.8, 4) is 0 Å². The number of thiophene rings is 1. The van der Waals surface area contributed by atoms with E-state index < -0.39 is 0 Å². The SMILES string of the molecule is O=C(C[C@H](Sc1ccc2ccccc2c1)c1ccsc1)c1ccc(Cl)cc1. The van der Waals surface area contributed by atoms with Gasteiger partial charge >= 0.3 is 0 Å². The summed E-state index contributed by atoms with van der Waals surface area (Å²) in [5.41, 5.74) is 1.90. The van der Waals surface area contributed by atoms with Gasteiger partial charge < -0.3 is 0 Å². The molecule has 4 heteroatoms. The van der Waals surface area contributed by atoms with Crippen molar-refractivity contribution in [2.75, 3.05) is 0 Å². The summed E-state index contributed by atoms with van der Waals surface area (Å²) in [4.78, 5) is 14.0. The first-order valence-electron chi connectivity index (χ1n) is 8.65. The summed E-state index contributed by atoms with van der Waals surface area (Å²) in [7, 11) is 0. The predicted molar refractivity (Wildman–Crippen MR) is 117 cm³/mol. The minimum Gasteiger partial charge on any atom is -0.294 e.